The van der Waals surface area contributed by atoms with Crippen molar-refractivity contribution >= 4 is 6.21 Å². The normalized spacial score (nSPS) is 35.7. The number of nitrogens with zero attached hydrogens (tertiary/aromatic N) is 1. The summed E-state index contributed by atoms with van der Waals surface area (Å²) < 4.78 is 6.24. The van der Waals surface area contributed by atoms with Gasteiger partial charge >= 0.3 is 0 Å². The third kappa shape index (κ3) is 2.69. The molecule has 1 saturated heterocycles. The molecule has 15 heavy (non-hydrogen) atoms. The van der Waals surface area contributed by atoms with Crippen molar-refractivity contribution in [2.24, 2.45) is 4.99 Å². The summed E-state index contributed by atoms with van der Waals surface area (Å²) in [6.07, 6.45) is 14.8. The Morgan fingerprint density at radius 2 is 2.33 bits per heavy atom. The van der Waals surface area contributed by atoms with Gasteiger partial charge in [-0.05, 0) is 25.3 Å². The van der Waals surface area contributed by atoms with Crippen molar-refractivity contribution < 1.29 is 4.74 Å². The van der Waals surface area contributed by atoms with E-state index in [2.05, 4.69) is 18.0 Å². The highest BCUT2D eigenvalue weighted by atomic mass is 16.5. The first-order chi connectivity index (χ1) is 7.35. The quantitative estimate of drug-likeness (QED) is 0.679. The lowest BCUT2D eigenvalue weighted by molar-refractivity contribution is -0.0460. The lowest BCUT2D eigenvalue weighted by Gasteiger charge is -2.34. The third-order valence-corrected chi connectivity index (χ3v) is 3.34. The van der Waals surface area contributed by atoms with Crippen molar-refractivity contribution in [2.75, 3.05) is 0 Å². The van der Waals surface area contributed by atoms with Crippen LogP contribution < -0.4 is 0 Å². The van der Waals surface area contributed by atoms with Gasteiger partial charge in [0.25, 0.3) is 0 Å². The molecular formula is C13H21NO. The average Bonchev–Trinajstić information content (AvgIpc) is 2.40. The van der Waals surface area contributed by atoms with E-state index < -0.39 is 0 Å². The van der Waals surface area contributed by atoms with Crippen molar-refractivity contribution in [2.45, 2.75) is 63.6 Å². The van der Waals surface area contributed by atoms with E-state index in [1.54, 1.807) is 0 Å². The van der Waals surface area contributed by atoms with Crippen LogP contribution in [-0.2, 0) is 4.74 Å². The summed E-state index contributed by atoms with van der Waals surface area (Å²) in [5.74, 6) is 0. The number of ether oxygens (including phenoxy) is 1. The van der Waals surface area contributed by atoms with Gasteiger partial charge in [0.2, 0.25) is 0 Å². The Balaban J connectivity index is 2.16. The molecule has 2 bridgehead atoms. The molecule has 2 atom stereocenters. The van der Waals surface area contributed by atoms with Gasteiger partial charge < -0.3 is 4.74 Å². The van der Waals surface area contributed by atoms with Gasteiger partial charge in [-0.15, -0.1) is 0 Å². The summed E-state index contributed by atoms with van der Waals surface area (Å²) in [5.41, 5.74) is -0.0661. The van der Waals surface area contributed by atoms with Gasteiger partial charge in [-0.1, -0.05) is 32.6 Å². The Morgan fingerprint density at radius 3 is 3.20 bits per heavy atom. The molecule has 2 unspecified atom stereocenters. The number of aliphatic imine (C=N–C) groups is 1. The molecule has 0 aromatic carbocycles. The molecule has 0 aliphatic carbocycles. The summed E-state index contributed by atoms with van der Waals surface area (Å²) in [5, 5.41) is 0. The molecule has 2 aliphatic rings. The Morgan fingerprint density at radius 1 is 1.40 bits per heavy atom. The van der Waals surface area contributed by atoms with Crippen LogP contribution in [-0.4, -0.2) is 17.9 Å². The minimum atomic E-state index is -0.0661. The predicted octanol–water partition coefficient (Wildman–Crippen LogP) is 3.47. The van der Waals surface area contributed by atoms with Gasteiger partial charge in [-0.25, -0.2) is 0 Å². The first kappa shape index (κ1) is 10.9. The van der Waals surface area contributed by atoms with E-state index in [4.69, 9.17) is 4.74 Å². The van der Waals surface area contributed by atoms with E-state index >= 15 is 0 Å². The van der Waals surface area contributed by atoms with Crippen LogP contribution in [0.4, 0.5) is 0 Å². The third-order valence-electron chi connectivity index (χ3n) is 3.34. The molecule has 1 fully saturated rings. The van der Waals surface area contributed by atoms with Crippen LogP contribution in [0.1, 0.15) is 51.9 Å². The molecule has 2 aliphatic heterocycles. The van der Waals surface area contributed by atoms with Crippen molar-refractivity contribution in [3.05, 3.63) is 12.3 Å². The largest absolute Gasteiger partial charge is 0.362 e. The minimum Gasteiger partial charge on any atom is -0.362 e. The average molecular weight is 207 g/mol. The zero-order valence-electron chi connectivity index (χ0n) is 9.61. The number of hydrogen-bond acceptors (Lipinski definition) is 2. The minimum absolute atomic E-state index is 0.0661. The van der Waals surface area contributed by atoms with Crippen LogP contribution in [0.15, 0.2) is 17.3 Å². The molecule has 2 heteroatoms. The molecule has 0 spiro atoms. The van der Waals surface area contributed by atoms with Crippen LogP contribution in [0.3, 0.4) is 0 Å². The summed E-state index contributed by atoms with van der Waals surface area (Å²) >= 11 is 0. The second-order valence-electron chi connectivity index (χ2n) is 4.69. The Bertz CT molecular complexity index is 259. The molecule has 0 aromatic heterocycles. The molecule has 0 aromatic rings. The standard InChI is InChI=1S/C13H21NO/c1-2-8-13-9-5-3-4-6-12(15-13)7-10-14-11-13/h7,10-12H,2-6,8-9H2,1H3. The highest BCUT2D eigenvalue weighted by Gasteiger charge is 2.32. The van der Waals surface area contributed by atoms with E-state index in [1.807, 2.05) is 12.4 Å². The van der Waals surface area contributed by atoms with Crippen molar-refractivity contribution in [1.29, 1.82) is 0 Å². The van der Waals surface area contributed by atoms with Crippen LogP contribution >= 0.6 is 0 Å². The van der Waals surface area contributed by atoms with Gasteiger partial charge in [0, 0.05) is 12.4 Å². The molecule has 0 N–H and O–H groups in total. The van der Waals surface area contributed by atoms with Gasteiger partial charge in [-0.3, -0.25) is 4.99 Å². The highest BCUT2D eigenvalue weighted by molar-refractivity contribution is 5.69. The molecule has 84 valence electrons. The summed E-state index contributed by atoms with van der Waals surface area (Å²) in [7, 11) is 0. The lowest BCUT2D eigenvalue weighted by atomic mass is 9.90. The molecule has 2 rings (SSSR count). The number of rotatable bonds is 2. The monoisotopic (exact) mass is 207 g/mol. The lowest BCUT2D eigenvalue weighted by Crippen LogP contribution is -2.38. The van der Waals surface area contributed by atoms with Gasteiger partial charge in [0.1, 0.15) is 5.60 Å². The zero-order chi connectivity index (χ0) is 10.6. The topological polar surface area (TPSA) is 21.6 Å². The van der Waals surface area contributed by atoms with Gasteiger partial charge in [0.05, 0.1) is 6.10 Å². The van der Waals surface area contributed by atoms with E-state index in [1.165, 1.54) is 25.7 Å². The summed E-state index contributed by atoms with van der Waals surface area (Å²) in [6, 6.07) is 0. The molecular weight excluding hydrogens is 186 g/mol. The van der Waals surface area contributed by atoms with Crippen molar-refractivity contribution in [3.63, 3.8) is 0 Å². The molecule has 2 heterocycles. The highest BCUT2D eigenvalue weighted by Crippen LogP contribution is 2.31. The summed E-state index contributed by atoms with van der Waals surface area (Å²) in [4.78, 5) is 4.36. The van der Waals surface area contributed by atoms with Crippen LogP contribution in [0.5, 0.6) is 0 Å². The first-order valence-electron chi connectivity index (χ1n) is 6.23. The SMILES string of the molecule is CCCC12C=NC=CC(CCCCC1)O2. The van der Waals surface area contributed by atoms with Crippen molar-refractivity contribution in [1.82, 2.24) is 0 Å². The Hall–Kier alpha value is -0.630. The summed E-state index contributed by atoms with van der Waals surface area (Å²) in [6.45, 7) is 2.22. The number of fused-ring (bicyclic) bond motifs is 2. The predicted molar refractivity (Wildman–Crippen MR) is 63.2 cm³/mol. The van der Waals surface area contributed by atoms with Crippen LogP contribution in [0.25, 0.3) is 0 Å². The Kier molecular flexibility index (Phi) is 3.57. The maximum Gasteiger partial charge on any atom is 0.104 e. The Labute approximate surface area is 92.4 Å². The smallest absolute Gasteiger partial charge is 0.104 e. The molecule has 0 radical (unpaired) electrons. The van der Waals surface area contributed by atoms with E-state index in [9.17, 15) is 0 Å². The second-order valence-corrected chi connectivity index (χ2v) is 4.69. The second kappa shape index (κ2) is 4.93. The van der Waals surface area contributed by atoms with Crippen LogP contribution in [0, 0.1) is 0 Å². The fourth-order valence-corrected chi connectivity index (χ4v) is 2.59. The van der Waals surface area contributed by atoms with Crippen LogP contribution in [0.2, 0.25) is 0 Å². The maximum absolute atomic E-state index is 6.24. The molecule has 0 amide bonds. The number of hydrogen-bond donors (Lipinski definition) is 0. The van der Waals surface area contributed by atoms with E-state index in [0.29, 0.717) is 6.10 Å². The van der Waals surface area contributed by atoms with Gasteiger partial charge in [-0.2, -0.15) is 0 Å². The zero-order valence-corrected chi connectivity index (χ0v) is 9.61. The van der Waals surface area contributed by atoms with E-state index in [0.717, 1.165) is 19.3 Å². The molecule has 0 saturated carbocycles. The van der Waals surface area contributed by atoms with Crippen molar-refractivity contribution in [3.8, 4) is 0 Å². The molecule has 2 nitrogen and oxygen atoms in total. The van der Waals surface area contributed by atoms with E-state index in [-0.39, 0.29) is 5.60 Å². The van der Waals surface area contributed by atoms with Gasteiger partial charge in [0.15, 0.2) is 0 Å². The first-order valence-corrected chi connectivity index (χ1v) is 6.23. The fourth-order valence-electron chi connectivity index (χ4n) is 2.59. The maximum atomic E-state index is 6.24. The fraction of sp³-hybridized carbons (Fsp3) is 0.769.